The highest BCUT2D eigenvalue weighted by Gasteiger charge is 2.44. The van der Waals surface area contributed by atoms with Gasteiger partial charge in [0.25, 0.3) is 0 Å². The standard InChI is InChI=1S/C15H21ClN4/c1-3-11-13-15(19(2)18-11)20(12(8-16)17-13)14(9-4-5-9)10-6-7-10/h9-10,14H,3-8H2,1-2H3. The summed E-state index contributed by atoms with van der Waals surface area (Å²) in [4.78, 5) is 4.81. The fourth-order valence-electron chi connectivity index (χ4n) is 3.58. The van der Waals surface area contributed by atoms with Crippen LogP contribution in [0, 0.1) is 11.8 Å². The molecule has 20 heavy (non-hydrogen) atoms. The number of fused-ring (bicyclic) bond motifs is 1. The minimum atomic E-state index is 0.494. The van der Waals surface area contributed by atoms with Crippen molar-refractivity contribution in [3.63, 3.8) is 0 Å². The second kappa shape index (κ2) is 4.48. The molecule has 4 rings (SSSR count). The smallest absolute Gasteiger partial charge is 0.158 e. The molecule has 2 saturated carbocycles. The highest BCUT2D eigenvalue weighted by atomic mass is 35.5. The van der Waals surface area contributed by atoms with Gasteiger partial charge >= 0.3 is 0 Å². The van der Waals surface area contributed by atoms with Crippen LogP contribution in [0.15, 0.2) is 0 Å². The van der Waals surface area contributed by atoms with Crippen LogP contribution in [-0.2, 0) is 19.3 Å². The third-order valence-corrected chi connectivity index (χ3v) is 5.01. The summed E-state index contributed by atoms with van der Waals surface area (Å²) in [6.45, 7) is 2.14. The molecule has 5 heteroatoms. The number of halogens is 1. The Hall–Kier alpha value is -1.03. The number of imidazole rings is 1. The fourth-order valence-corrected chi connectivity index (χ4v) is 3.76. The number of aryl methyl sites for hydroxylation is 2. The predicted octanol–water partition coefficient (Wildman–Crippen LogP) is 3.43. The Labute approximate surface area is 124 Å². The SMILES string of the molecule is CCc1nn(C)c2c1nc(CCl)n2C(C1CC1)C1CC1. The Balaban J connectivity index is 1.93. The van der Waals surface area contributed by atoms with Gasteiger partial charge in [-0.25, -0.2) is 4.98 Å². The van der Waals surface area contributed by atoms with E-state index in [9.17, 15) is 0 Å². The number of aromatic nitrogens is 4. The first kappa shape index (κ1) is 12.7. The topological polar surface area (TPSA) is 35.6 Å². The molecule has 2 fully saturated rings. The van der Waals surface area contributed by atoms with Crippen molar-refractivity contribution in [3.8, 4) is 0 Å². The van der Waals surface area contributed by atoms with Crippen LogP contribution in [0.2, 0.25) is 0 Å². The first-order valence-electron chi connectivity index (χ1n) is 7.73. The molecule has 0 bridgehead atoms. The normalized spacial score (nSPS) is 19.4. The Morgan fingerprint density at radius 2 is 1.90 bits per heavy atom. The van der Waals surface area contributed by atoms with Crippen LogP contribution < -0.4 is 0 Å². The van der Waals surface area contributed by atoms with Gasteiger partial charge < -0.3 is 4.57 Å². The maximum absolute atomic E-state index is 6.19. The van der Waals surface area contributed by atoms with E-state index >= 15 is 0 Å². The summed E-state index contributed by atoms with van der Waals surface area (Å²) in [6, 6.07) is 0.605. The molecule has 2 aliphatic rings. The van der Waals surface area contributed by atoms with Gasteiger partial charge in [0.1, 0.15) is 11.3 Å². The van der Waals surface area contributed by atoms with Crippen LogP contribution in [0.25, 0.3) is 11.2 Å². The first-order valence-corrected chi connectivity index (χ1v) is 8.26. The van der Waals surface area contributed by atoms with E-state index in [1.165, 1.54) is 31.3 Å². The Kier molecular flexibility index (Phi) is 2.85. The molecule has 2 aromatic rings. The van der Waals surface area contributed by atoms with Crippen molar-refractivity contribution in [2.45, 2.75) is 50.9 Å². The molecule has 0 atom stereocenters. The number of hydrogen-bond donors (Lipinski definition) is 0. The van der Waals surface area contributed by atoms with Gasteiger partial charge in [-0.05, 0) is 43.9 Å². The molecule has 0 amide bonds. The highest BCUT2D eigenvalue weighted by molar-refractivity contribution is 6.16. The summed E-state index contributed by atoms with van der Waals surface area (Å²) in [7, 11) is 2.04. The lowest BCUT2D eigenvalue weighted by atomic mass is 10.1. The molecule has 0 aliphatic heterocycles. The van der Waals surface area contributed by atoms with Crippen molar-refractivity contribution in [1.82, 2.24) is 19.3 Å². The molecule has 0 aromatic carbocycles. The van der Waals surface area contributed by atoms with E-state index in [0.717, 1.165) is 35.3 Å². The molecule has 4 nitrogen and oxygen atoms in total. The van der Waals surface area contributed by atoms with Crippen LogP contribution in [-0.4, -0.2) is 19.3 Å². The molecule has 0 spiro atoms. The van der Waals surface area contributed by atoms with Gasteiger partial charge in [0.15, 0.2) is 5.65 Å². The molecule has 0 saturated heterocycles. The van der Waals surface area contributed by atoms with E-state index in [4.69, 9.17) is 16.6 Å². The maximum Gasteiger partial charge on any atom is 0.158 e. The van der Waals surface area contributed by atoms with Crippen molar-refractivity contribution in [2.24, 2.45) is 18.9 Å². The average molecular weight is 293 g/mol. The molecule has 0 N–H and O–H groups in total. The van der Waals surface area contributed by atoms with E-state index in [2.05, 4.69) is 16.6 Å². The van der Waals surface area contributed by atoms with E-state index in [0.29, 0.717) is 11.9 Å². The van der Waals surface area contributed by atoms with Gasteiger partial charge in [0, 0.05) is 13.1 Å². The van der Waals surface area contributed by atoms with Crippen molar-refractivity contribution in [1.29, 1.82) is 0 Å². The largest absolute Gasteiger partial charge is 0.308 e. The third kappa shape index (κ3) is 1.80. The van der Waals surface area contributed by atoms with Gasteiger partial charge in [-0.15, -0.1) is 11.6 Å². The summed E-state index contributed by atoms with van der Waals surface area (Å²) >= 11 is 6.19. The Morgan fingerprint density at radius 1 is 1.25 bits per heavy atom. The van der Waals surface area contributed by atoms with Crippen LogP contribution in [0.4, 0.5) is 0 Å². The zero-order valence-electron chi connectivity index (χ0n) is 12.1. The molecular formula is C15H21ClN4. The van der Waals surface area contributed by atoms with Crippen molar-refractivity contribution in [3.05, 3.63) is 11.5 Å². The van der Waals surface area contributed by atoms with E-state index in [1.54, 1.807) is 0 Å². The van der Waals surface area contributed by atoms with Crippen LogP contribution in [0.5, 0.6) is 0 Å². The number of nitrogens with zero attached hydrogens (tertiary/aromatic N) is 4. The lowest BCUT2D eigenvalue weighted by molar-refractivity contribution is 0.390. The van der Waals surface area contributed by atoms with Crippen LogP contribution in [0.1, 0.15) is 50.2 Å². The third-order valence-electron chi connectivity index (χ3n) is 4.77. The second-order valence-electron chi connectivity index (χ2n) is 6.29. The number of alkyl halides is 1. The van der Waals surface area contributed by atoms with Gasteiger partial charge in [0.05, 0.1) is 11.6 Å². The molecule has 2 aliphatic carbocycles. The summed E-state index contributed by atoms with van der Waals surface area (Å²) < 4.78 is 4.44. The summed E-state index contributed by atoms with van der Waals surface area (Å²) in [5.41, 5.74) is 3.34. The monoisotopic (exact) mass is 292 g/mol. The number of hydrogen-bond acceptors (Lipinski definition) is 2. The van der Waals surface area contributed by atoms with Crippen molar-refractivity contribution in [2.75, 3.05) is 0 Å². The van der Waals surface area contributed by atoms with Crippen LogP contribution >= 0.6 is 11.6 Å². The lowest BCUT2D eigenvalue weighted by Crippen LogP contribution is -2.17. The maximum atomic E-state index is 6.19. The van der Waals surface area contributed by atoms with Gasteiger partial charge in [-0.3, -0.25) is 4.68 Å². The zero-order valence-corrected chi connectivity index (χ0v) is 12.9. The minimum absolute atomic E-state index is 0.494. The van der Waals surface area contributed by atoms with E-state index in [-0.39, 0.29) is 0 Å². The quantitative estimate of drug-likeness (QED) is 0.792. The van der Waals surface area contributed by atoms with Gasteiger partial charge in [0.2, 0.25) is 0 Å². The molecular weight excluding hydrogens is 272 g/mol. The minimum Gasteiger partial charge on any atom is -0.308 e. The highest BCUT2D eigenvalue weighted by Crippen LogP contribution is 2.53. The summed E-state index contributed by atoms with van der Waals surface area (Å²) in [5.74, 6) is 3.20. The van der Waals surface area contributed by atoms with Gasteiger partial charge in [-0.1, -0.05) is 6.92 Å². The summed E-state index contributed by atoms with van der Waals surface area (Å²) in [6.07, 6.45) is 6.37. The van der Waals surface area contributed by atoms with E-state index < -0.39 is 0 Å². The summed E-state index contributed by atoms with van der Waals surface area (Å²) in [5, 5.41) is 4.64. The molecule has 0 unspecified atom stereocenters. The zero-order chi connectivity index (χ0) is 13.9. The fraction of sp³-hybridized carbons (Fsp3) is 0.733. The number of rotatable bonds is 5. The van der Waals surface area contributed by atoms with Gasteiger partial charge in [-0.2, -0.15) is 5.10 Å². The second-order valence-corrected chi connectivity index (χ2v) is 6.56. The predicted molar refractivity (Wildman–Crippen MR) is 79.9 cm³/mol. The first-order chi connectivity index (χ1) is 9.74. The van der Waals surface area contributed by atoms with Crippen LogP contribution in [0.3, 0.4) is 0 Å². The van der Waals surface area contributed by atoms with Crippen molar-refractivity contribution < 1.29 is 0 Å². The molecule has 2 heterocycles. The van der Waals surface area contributed by atoms with E-state index in [1.807, 2.05) is 11.7 Å². The Morgan fingerprint density at radius 3 is 2.40 bits per heavy atom. The Bertz CT molecular complexity index is 636. The molecule has 0 radical (unpaired) electrons. The molecule has 108 valence electrons. The van der Waals surface area contributed by atoms with Crippen molar-refractivity contribution >= 4 is 22.8 Å². The average Bonchev–Trinajstić information content (AvgIpc) is 3.35. The molecule has 2 aromatic heterocycles. The lowest BCUT2D eigenvalue weighted by Gasteiger charge is -2.20.